The van der Waals surface area contributed by atoms with Crippen LogP contribution >= 0.6 is 11.8 Å². The third-order valence-electron chi connectivity index (χ3n) is 3.86. The summed E-state index contributed by atoms with van der Waals surface area (Å²) in [5.41, 5.74) is 4.01. The number of thioether (sulfide) groups is 1. The van der Waals surface area contributed by atoms with Gasteiger partial charge in [-0.15, -0.1) is 0 Å². The van der Waals surface area contributed by atoms with Crippen LogP contribution in [0.5, 0.6) is 0 Å². The maximum atomic E-state index is 12.3. The highest BCUT2D eigenvalue weighted by Gasteiger charge is 2.13. The molecule has 136 valence electrons. The smallest absolute Gasteiger partial charge is 0.247 e. The van der Waals surface area contributed by atoms with Crippen LogP contribution < -0.4 is 5.32 Å². The predicted octanol–water partition coefficient (Wildman–Crippen LogP) is 4.31. The van der Waals surface area contributed by atoms with Gasteiger partial charge in [0.2, 0.25) is 11.8 Å². The van der Waals surface area contributed by atoms with Gasteiger partial charge in [0.1, 0.15) is 0 Å². The number of carbonyl (C=O) groups excluding carboxylic acids is 2. The molecular weight excluding hydrogens is 344 g/mol. The average molecular weight is 369 g/mol. The van der Waals surface area contributed by atoms with Crippen molar-refractivity contribution in [2.45, 2.75) is 25.7 Å². The molecule has 1 N–H and O–H groups in total. The summed E-state index contributed by atoms with van der Waals surface area (Å²) in [5, 5.41) is 4.65. The van der Waals surface area contributed by atoms with Gasteiger partial charge in [-0.2, -0.15) is 0 Å². The number of amides is 2. The first kappa shape index (κ1) is 19.8. The van der Waals surface area contributed by atoms with Gasteiger partial charge in [0.15, 0.2) is 0 Å². The molecule has 0 aliphatic heterocycles. The number of likely N-dealkylation sites (N-methyl/N-ethyl adjacent to an activating group) is 1. The fourth-order valence-corrected chi connectivity index (χ4v) is 3.30. The number of hydrogen-bond donors (Lipinski definition) is 1. The number of benzene rings is 2. The lowest BCUT2D eigenvalue weighted by molar-refractivity contribution is -0.129. The molecule has 0 heterocycles. The maximum absolute atomic E-state index is 12.3. The van der Waals surface area contributed by atoms with E-state index in [-0.39, 0.29) is 18.4 Å². The highest BCUT2D eigenvalue weighted by Crippen LogP contribution is 2.22. The lowest BCUT2D eigenvalue weighted by atomic mass is 10.1. The highest BCUT2D eigenvalue weighted by molar-refractivity contribution is 8.02. The number of hydrogen-bond acceptors (Lipinski definition) is 3. The fourth-order valence-electron chi connectivity index (χ4n) is 2.65. The molecule has 2 rings (SSSR count). The van der Waals surface area contributed by atoms with E-state index in [0.717, 1.165) is 27.3 Å². The Morgan fingerprint density at radius 3 is 2.31 bits per heavy atom. The standard InChI is InChI=1S/C21H24N2O2S/c1-15-12-16(2)21(17(3)13-15)22-19(24)14-23(4)20(25)10-11-26-18-8-6-5-7-9-18/h5-13H,14H2,1-4H3,(H,22,24). The van der Waals surface area contributed by atoms with E-state index in [0.29, 0.717) is 0 Å². The topological polar surface area (TPSA) is 49.4 Å². The average Bonchev–Trinajstić information content (AvgIpc) is 2.59. The van der Waals surface area contributed by atoms with Gasteiger partial charge in [-0.05, 0) is 49.4 Å². The molecule has 0 aliphatic rings. The molecule has 4 nitrogen and oxygen atoms in total. The second-order valence-electron chi connectivity index (χ2n) is 6.25. The Balaban J connectivity index is 1.89. The van der Waals surface area contributed by atoms with Crippen LogP contribution in [-0.4, -0.2) is 30.3 Å². The third kappa shape index (κ3) is 5.77. The molecule has 0 aliphatic carbocycles. The summed E-state index contributed by atoms with van der Waals surface area (Å²) < 4.78 is 0. The van der Waals surface area contributed by atoms with Crippen LogP contribution in [0.25, 0.3) is 0 Å². The molecule has 0 unspecified atom stereocenters. The number of nitrogens with one attached hydrogen (secondary N) is 1. The zero-order chi connectivity index (χ0) is 19.1. The zero-order valence-electron chi connectivity index (χ0n) is 15.6. The summed E-state index contributed by atoms with van der Waals surface area (Å²) >= 11 is 1.46. The van der Waals surface area contributed by atoms with Crippen LogP contribution in [0.3, 0.4) is 0 Å². The normalized spacial score (nSPS) is 10.8. The van der Waals surface area contributed by atoms with Crippen LogP contribution in [0.4, 0.5) is 5.69 Å². The van der Waals surface area contributed by atoms with Crippen molar-refractivity contribution in [2.75, 3.05) is 18.9 Å². The van der Waals surface area contributed by atoms with Crippen LogP contribution in [-0.2, 0) is 9.59 Å². The predicted molar refractivity (Wildman–Crippen MR) is 108 cm³/mol. The van der Waals surface area contributed by atoms with Crippen LogP contribution in [0, 0.1) is 20.8 Å². The SMILES string of the molecule is Cc1cc(C)c(NC(=O)CN(C)C(=O)C=CSc2ccccc2)c(C)c1. The minimum Gasteiger partial charge on any atom is -0.333 e. The summed E-state index contributed by atoms with van der Waals surface area (Å²) in [4.78, 5) is 26.9. The molecule has 26 heavy (non-hydrogen) atoms. The summed E-state index contributed by atoms with van der Waals surface area (Å²) in [6.45, 7) is 5.96. The summed E-state index contributed by atoms with van der Waals surface area (Å²) in [6, 6.07) is 13.9. The van der Waals surface area contributed by atoms with Gasteiger partial charge in [0, 0.05) is 23.7 Å². The summed E-state index contributed by atoms with van der Waals surface area (Å²) in [5.74, 6) is -0.416. The van der Waals surface area contributed by atoms with Gasteiger partial charge >= 0.3 is 0 Å². The number of carbonyl (C=O) groups is 2. The van der Waals surface area contributed by atoms with E-state index in [1.165, 1.54) is 22.7 Å². The van der Waals surface area contributed by atoms with Crippen molar-refractivity contribution in [3.63, 3.8) is 0 Å². The highest BCUT2D eigenvalue weighted by atomic mass is 32.2. The number of rotatable bonds is 6. The van der Waals surface area contributed by atoms with E-state index >= 15 is 0 Å². The molecule has 0 saturated heterocycles. The maximum Gasteiger partial charge on any atom is 0.247 e. The van der Waals surface area contributed by atoms with E-state index in [4.69, 9.17) is 0 Å². The van der Waals surface area contributed by atoms with Gasteiger partial charge in [0.25, 0.3) is 0 Å². The molecule has 0 saturated carbocycles. The quantitative estimate of drug-likeness (QED) is 0.610. The van der Waals surface area contributed by atoms with Gasteiger partial charge in [-0.25, -0.2) is 0 Å². The Morgan fingerprint density at radius 1 is 1.08 bits per heavy atom. The first-order valence-corrected chi connectivity index (χ1v) is 9.26. The minimum atomic E-state index is -0.208. The van der Waals surface area contributed by atoms with Crippen molar-refractivity contribution in [3.8, 4) is 0 Å². The van der Waals surface area contributed by atoms with Crippen molar-refractivity contribution in [3.05, 3.63) is 70.6 Å². The first-order valence-electron chi connectivity index (χ1n) is 8.38. The Bertz CT molecular complexity index is 793. The second-order valence-corrected chi connectivity index (χ2v) is 7.23. The van der Waals surface area contributed by atoms with Crippen LogP contribution in [0.2, 0.25) is 0 Å². The Labute approximate surface area is 159 Å². The number of anilines is 1. The molecule has 0 bridgehead atoms. The molecule has 2 aromatic carbocycles. The third-order valence-corrected chi connectivity index (χ3v) is 4.67. The molecule has 0 fully saturated rings. The van der Waals surface area contributed by atoms with E-state index in [2.05, 4.69) is 5.32 Å². The second kappa shape index (κ2) is 9.25. The molecule has 2 aromatic rings. The van der Waals surface area contributed by atoms with E-state index < -0.39 is 0 Å². The van der Waals surface area contributed by atoms with Crippen molar-refractivity contribution >= 4 is 29.3 Å². The van der Waals surface area contributed by atoms with Crippen LogP contribution in [0.15, 0.2) is 58.8 Å². The Morgan fingerprint density at radius 2 is 1.69 bits per heavy atom. The Kier molecular flexibility index (Phi) is 7.04. The summed E-state index contributed by atoms with van der Waals surface area (Å²) in [7, 11) is 1.62. The molecule has 0 spiro atoms. The van der Waals surface area contributed by atoms with Crippen molar-refractivity contribution in [1.82, 2.24) is 4.90 Å². The monoisotopic (exact) mass is 368 g/mol. The number of aryl methyl sites for hydroxylation is 3. The molecule has 0 radical (unpaired) electrons. The lowest BCUT2D eigenvalue weighted by Crippen LogP contribution is -2.34. The van der Waals surface area contributed by atoms with Gasteiger partial charge in [-0.3, -0.25) is 9.59 Å². The summed E-state index contributed by atoms with van der Waals surface area (Å²) in [6.07, 6.45) is 1.48. The molecule has 0 atom stereocenters. The van der Waals surface area contributed by atoms with E-state index in [1.807, 2.05) is 63.2 Å². The molecule has 0 aromatic heterocycles. The largest absolute Gasteiger partial charge is 0.333 e. The van der Waals surface area contributed by atoms with Gasteiger partial charge < -0.3 is 10.2 Å². The zero-order valence-corrected chi connectivity index (χ0v) is 16.4. The molecule has 2 amide bonds. The first-order chi connectivity index (χ1) is 12.4. The van der Waals surface area contributed by atoms with Gasteiger partial charge in [0.05, 0.1) is 6.54 Å². The van der Waals surface area contributed by atoms with E-state index in [1.54, 1.807) is 12.5 Å². The van der Waals surface area contributed by atoms with Crippen LogP contribution in [0.1, 0.15) is 16.7 Å². The minimum absolute atomic E-state index is 0.00589. The van der Waals surface area contributed by atoms with Crippen molar-refractivity contribution in [1.29, 1.82) is 0 Å². The molecular formula is C21H24N2O2S. The number of nitrogens with zero attached hydrogens (tertiary/aromatic N) is 1. The fraction of sp³-hybridized carbons (Fsp3) is 0.238. The molecule has 5 heteroatoms. The van der Waals surface area contributed by atoms with Crippen molar-refractivity contribution < 1.29 is 9.59 Å². The van der Waals surface area contributed by atoms with Gasteiger partial charge in [-0.1, -0.05) is 47.7 Å². The van der Waals surface area contributed by atoms with Crippen molar-refractivity contribution in [2.24, 2.45) is 0 Å². The Hall–Kier alpha value is -2.53. The van der Waals surface area contributed by atoms with E-state index in [9.17, 15) is 9.59 Å². The lowest BCUT2D eigenvalue weighted by Gasteiger charge is -2.17.